The average Bonchev–Trinajstić information content (AvgIpc) is 3.50. The number of carbonyl (C=O) groups is 2. The third-order valence-electron chi connectivity index (χ3n) is 5.25. The van der Waals surface area contributed by atoms with Crippen molar-refractivity contribution in [3.63, 3.8) is 0 Å². The van der Waals surface area contributed by atoms with Crippen LogP contribution in [-0.4, -0.2) is 92.3 Å². The van der Waals surface area contributed by atoms with Crippen LogP contribution >= 0.6 is 0 Å². The normalized spacial score (nSPS) is 20.7. The van der Waals surface area contributed by atoms with Crippen molar-refractivity contribution >= 4 is 17.9 Å². The summed E-state index contributed by atoms with van der Waals surface area (Å²) >= 11 is 0. The number of halogens is 7. The van der Waals surface area contributed by atoms with Gasteiger partial charge in [-0.15, -0.1) is 0 Å². The van der Waals surface area contributed by atoms with E-state index in [0.717, 1.165) is 32.4 Å². The van der Waals surface area contributed by atoms with Crippen molar-refractivity contribution in [3.05, 3.63) is 36.7 Å². The Bertz CT molecular complexity index is 1010. The van der Waals surface area contributed by atoms with Gasteiger partial charge in [-0.1, -0.05) is 0 Å². The second kappa shape index (κ2) is 14.0. The number of aromatic nitrogens is 4. The second-order valence-electron chi connectivity index (χ2n) is 8.04. The van der Waals surface area contributed by atoms with Crippen LogP contribution < -0.4 is 4.90 Å². The molecule has 0 spiro atoms. The second-order valence-corrected chi connectivity index (χ2v) is 8.04. The first-order valence-corrected chi connectivity index (χ1v) is 11.2. The quantitative estimate of drug-likeness (QED) is 0.390. The molecule has 4 heterocycles. The van der Waals surface area contributed by atoms with Gasteiger partial charge in [-0.2, -0.15) is 31.4 Å². The molecule has 18 heteroatoms. The minimum atomic E-state index is -5.08. The van der Waals surface area contributed by atoms with E-state index in [4.69, 9.17) is 29.3 Å². The molecule has 2 aliphatic heterocycles. The zero-order valence-corrected chi connectivity index (χ0v) is 20.0. The monoisotopic (exact) mass is 575 g/mol. The zero-order chi connectivity index (χ0) is 29.2. The van der Waals surface area contributed by atoms with Gasteiger partial charge in [0.05, 0.1) is 25.0 Å². The summed E-state index contributed by atoms with van der Waals surface area (Å²) in [5.74, 6) is -5.39. The van der Waals surface area contributed by atoms with Crippen LogP contribution in [0.5, 0.6) is 0 Å². The lowest BCUT2D eigenvalue weighted by Gasteiger charge is -2.32. The molecule has 0 radical (unpaired) electrons. The van der Waals surface area contributed by atoms with Gasteiger partial charge in [-0.05, 0) is 25.3 Å². The number of rotatable bonds is 6. The fourth-order valence-electron chi connectivity index (χ4n) is 3.63. The molecular formula is C21H24F7N5O6. The van der Waals surface area contributed by atoms with E-state index in [1.165, 1.54) is 12.4 Å². The van der Waals surface area contributed by atoms with Crippen LogP contribution in [0.25, 0.3) is 0 Å². The number of carboxylic acid groups (broad SMARTS) is 2. The van der Waals surface area contributed by atoms with Gasteiger partial charge in [-0.3, -0.25) is 4.68 Å². The molecule has 0 bridgehead atoms. The van der Waals surface area contributed by atoms with E-state index in [2.05, 4.69) is 20.0 Å². The van der Waals surface area contributed by atoms with Gasteiger partial charge < -0.3 is 24.6 Å². The maximum atomic E-state index is 13.1. The number of aryl methyl sites for hydroxylation is 1. The Hall–Kier alpha value is -3.54. The van der Waals surface area contributed by atoms with E-state index in [9.17, 15) is 30.7 Å². The fourth-order valence-corrected chi connectivity index (χ4v) is 3.63. The number of fused-ring (bicyclic) bond motifs is 1. The molecule has 3 atom stereocenters. The molecule has 2 saturated heterocycles. The lowest BCUT2D eigenvalue weighted by atomic mass is 10.0. The zero-order valence-electron chi connectivity index (χ0n) is 20.0. The van der Waals surface area contributed by atoms with Crippen molar-refractivity contribution in [2.75, 3.05) is 24.7 Å². The minimum absolute atomic E-state index is 0.0171. The molecule has 2 aromatic rings. The minimum Gasteiger partial charge on any atom is -0.475 e. The van der Waals surface area contributed by atoms with Crippen molar-refractivity contribution in [2.45, 2.75) is 56.4 Å². The highest BCUT2D eigenvalue weighted by Crippen LogP contribution is 2.32. The van der Waals surface area contributed by atoms with E-state index in [0.29, 0.717) is 19.1 Å². The van der Waals surface area contributed by atoms with E-state index in [-0.39, 0.29) is 18.2 Å². The smallest absolute Gasteiger partial charge is 0.475 e. The van der Waals surface area contributed by atoms with Crippen LogP contribution in [0, 0.1) is 5.82 Å². The third-order valence-corrected chi connectivity index (χ3v) is 5.25. The standard InChI is InChI=1S/C17H22FN5O2.2C2HF3O2/c18-13-10-19-17(20-11-13)23-12-15(16-14(23)4-1-8-25-16)24-9-3-7-22-6-2-5-21-22;2*3-2(4,5)1(6)7/h2,5-6,10-11,14-16H,1,3-4,7-9,12H2;2*(H,6,7)/t14-,15-,16+;;/m1../s1. The van der Waals surface area contributed by atoms with Gasteiger partial charge in [0.2, 0.25) is 5.95 Å². The molecule has 2 fully saturated rings. The number of aliphatic carboxylic acids is 2. The molecule has 39 heavy (non-hydrogen) atoms. The summed E-state index contributed by atoms with van der Waals surface area (Å²) in [6.07, 6.45) is -1.11. The summed E-state index contributed by atoms with van der Waals surface area (Å²) in [4.78, 5) is 28.2. The highest BCUT2D eigenvalue weighted by atomic mass is 19.4. The molecule has 0 aromatic carbocycles. The van der Waals surface area contributed by atoms with E-state index >= 15 is 0 Å². The van der Waals surface area contributed by atoms with E-state index < -0.39 is 30.1 Å². The number of hydrogen-bond donors (Lipinski definition) is 2. The Morgan fingerprint density at radius 2 is 1.67 bits per heavy atom. The molecule has 0 saturated carbocycles. The Balaban J connectivity index is 0.000000317. The first kappa shape index (κ1) is 31.7. The van der Waals surface area contributed by atoms with Crippen LogP contribution in [0.3, 0.4) is 0 Å². The Labute approximate surface area is 216 Å². The third kappa shape index (κ3) is 10.3. The first-order chi connectivity index (χ1) is 18.2. The van der Waals surface area contributed by atoms with Crippen LogP contribution in [-0.2, 0) is 25.6 Å². The van der Waals surface area contributed by atoms with Crippen molar-refractivity contribution in [3.8, 4) is 0 Å². The number of alkyl halides is 6. The van der Waals surface area contributed by atoms with Crippen LogP contribution in [0.15, 0.2) is 30.9 Å². The number of ether oxygens (including phenoxy) is 2. The van der Waals surface area contributed by atoms with Crippen molar-refractivity contribution in [1.29, 1.82) is 0 Å². The van der Waals surface area contributed by atoms with Gasteiger partial charge in [-0.25, -0.2) is 23.9 Å². The maximum Gasteiger partial charge on any atom is 0.490 e. The van der Waals surface area contributed by atoms with Crippen LogP contribution in [0.1, 0.15) is 19.3 Å². The van der Waals surface area contributed by atoms with Crippen LogP contribution in [0.4, 0.5) is 36.7 Å². The van der Waals surface area contributed by atoms with E-state index in [1.807, 2.05) is 16.9 Å². The predicted octanol–water partition coefficient (Wildman–Crippen LogP) is 2.92. The maximum absolute atomic E-state index is 13.1. The first-order valence-electron chi connectivity index (χ1n) is 11.2. The van der Waals surface area contributed by atoms with Crippen molar-refractivity contribution in [2.24, 2.45) is 0 Å². The molecule has 11 nitrogen and oxygen atoms in total. The largest absolute Gasteiger partial charge is 0.490 e. The number of nitrogens with zero attached hydrogens (tertiary/aromatic N) is 5. The van der Waals surface area contributed by atoms with Gasteiger partial charge in [0.25, 0.3) is 0 Å². The number of anilines is 1. The summed E-state index contributed by atoms with van der Waals surface area (Å²) in [6.45, 7) is 2.91. The van der Waals surface area contributed by atoms with Gasteiger partial charge in [0.1, 0.15) is 12.2 Å². The molecule has 218 valence electrons. The molecule has 2 aromatic heterocycles. The summed E-state index contributed by atoms with van der Waals surface area (Å²) in [5.41, 5.74) is 0. The molecular weight excluding hydrogens is 551 g/mol. The SMILES string of the molecule is Fc1cnc(N2C[C@@H](OCCCn3cccn3)[C@H]3OCCC[C@H]32)nc1.O=C(O)C(F)(F)F.O=C(O)C(F)(F)F. The van der Waals surface area contributed by atoms with Gasteiger partial charge in [0, 0.05) is 32.2 Å². The van der Waals surface area contributed by atoms with Crippen LogP contribution in [0.2, 0.25) is 0 Å². The lowest BCUT2D eigenvalue weighted by molar-refractivity contribution is -0.193. The summed E-state index contributed by atoms with van der Waals surface area (Å²) in [7, 11) is 0. The molecule has 0 aliphatic carbocycles. The van der Waals surface area contributed by atoms with Gasteiger partial charge >= 0.3 is 24.3 Å². The van der Waals surface area contributed by atoms with Crippen molar-refractivity contribution in [1.82, 2.24) is 19.7 Å². The Kier molecular flexibility index (Phi) is 11.4. The summed E-state index contributed by atoms with van der Waals surface area (Å²) in [6, 6.07) is 2.11. The van der Waals surface area contributed by atoms with E-state index in [1.54, 1.807) is 6.20 Å². The van der Waals surface area contributed by atoms with Gasteiger partial charge in [0.15, 0.2) is 5.82 Å². The molecule has 0 unspecified atom stereocenters. The molecule has 2 aliphatic rings. The molecule has 4 rings (SSSR count). The number of hydrogen-bond acceptors (Lipinski definition) is 8. The fraction of sp³-hybridized carbons (Fsp3) is 0.571. The lowest BCUT2D eigenvalue weighted by Crippen LogP contribution is -2.42. The Morgan fingerprint density at radius 3 is 2.18 bits per heavy atom. The summed E-state index contributed by atoms with van der Waals surface area (Å²) < 4.78 is 90.6. The molecule has 0 amide bonds. The number of carboxylic acids is 2. The summed E-state index contributed by atoms with van der Waals surface area (Å²) in [5, 5.41) is 18.4. The average molecular weight is 575 g/mol. The predicted molar refractivity (Wildman–Crippen MR) is 116 cm³/mol. The van der Waals surface area contributed by atoms with Crippen molar-refractivity contribution < 1.29 is 60.0 Å². The Morgan fingerprint density at radius 1 is 1.08 bits per heavy atom. The highest BCUT2D eigenvalue weighted by Gasteiger charge is 2.45. The molecule has 2 N–H and O–H groups in total. The topological polar surface area (TPSA) is 140 Å². The highest BCUT2D eigenvalue weighted by molar-refractivity contribution is 5.73.